The van der Waals surface area contributed by atoms with Crippen LogP contribution in [-0.4, -0.2) is 4.98 Å². The molecule has 96 valence electrons. The Morgan fingerprint density at radius 1 is 1.50 bits per heavy atom. The van der Waals surface area contributed by atoms with E-state index in [2.05, 4.69) is 10.3 Å². The maximum atomic E-state index is 13.5. The van der Waals surface area contributed by atoms with Crippen molar-refractivity contribution in [2.24, 2.45) is 0 Å². The zero-order valence-electron chi connectivity index (χ0n) is 10.00. The van der Waals surface area contributed by atoms with Crippen LogP contribution in [0.3, 0.4) is 0 Å². The highest BCUT2D eigenvalue weighted by molar-refractivity contribution is 14.1. The number of benzene rings is 1. The number of hydrogen-bond acceptors (Lipinski definition) is 4. The number of halogens is 2. The summed E-state index contributed by atoms with van der Waals surface area (Å²) in [4.78, 5) is 4.40. The minimum absolute atomic E-state index is 0.00506. The van der Waals surface area contributed by atoms with Crippen molar-refractivity contribution >= 4 is 45.3 Å². The molecule has 6 heteroatoms. The lowest BCUT2D eigenvalue weighted by Gasteiger charge is -2.15. The molecule has 3 N–H and O–H groups in total. The van der Waals surface area contributed by atoms with Gasteiger partial charge in [0.1, 0.15) is 10.8 Å². The molecule has 1 heterocycles. The van der Waals surface area contributed by atoms with E-state index in [1.165, 1.54) is 6.07 Å². The number of nitrogens with zero attached hydrogens (tertiary/aromatic N) is 1. The predicted molar refractivity (Wildman–Crippen MR) is 82.4 cm³/mol. The zero-order chi connectivity index (χ0) is 13.3. The lowest BCUT2D eigenvalue weighted by Crippen LogP contribution is -2.09. The highest BCUT2D eigenvalue weighted by Gasteiger charge is 2.12. The molecule has 0 saturated heterocycles. The highest BCUT2D eigenvalue weighted by Crippen LogP contribution is 2.28. The Morgan fingerprint density at radius 3 is 2.83 bits per heavy atom. The summed E-state index contributed by atoms with van der Waals surface area (Å²) in [5, 5.41) is 6.14. The number of thiazole rings is 1. The number of rotatable bonds is 3. The van der Waals surface area contributed by atoms with Gasteiger partial charge < -0.3 is 11.1 Å². The molecule has 18 heavy (non-hydrogen) atoms. The first kappa shape index (κ1) is 13.5. The SMILES string of the molecule is Cc1csc(C(C)Nc2cc(F)c(I)cc2N)n1. The molecule has 1 aromatic heterocycles. The summed E-state index contributed by atoms with van der Waals surface area (Å²) in [6, 6.07) is 3.05. The first-order valence-electron chi connectivity index (χ1n) is 5.40. The molecule has 1 aromatic carbocycles. The molecular formula is C12H13FIN3S. The van der Waals surface area contributed by atoms with Crippen LogP contribution in [0.1, 0.15) is 23.7 Å². The average Bonchev–Trinajstić information content (AvgIpc) is 2.73. The van der Waals surface area contributed by atoms with Gasteiger partial charge >= 0.3 is 0 Å². The fourth-order valence-electron chi connectivity index (χ4n) is 1.55. The molecule has 2 rings (SSSR count). The van der Waals surface area contributed by atoms with Crippen LogP contribution in [0.15, 0.2) is 17.5 Å². The summed E-state index contributed by atoms with van der Waals surface area (Å²) in [6.07, 6.45) is 0. The van der Waals surface area contributed by atoms with Gasteiger partial charge in [0, 0.05) is 17.1 Å². The zero-order valence-corrected chi connectivity index (χ0v) is 13.0. The molecule has 0 fully saturated rings. The number of anilines is 2. The molecule has 0 aliphatic carbocycles. The van der Waals surface area contributed by atoms with Crippen molar-refractivity contribution in [2.75, 3.05) is 11.1 Å². The first-order valence-corrected chi connectivity index (χ1v) is 7.36. The van der Waals surface area contributed by atoms with Gasteiger partial charge in [0.15, 0.2) is 0 Å². The molecule has 0 saturated carbocycles. The Morgan fingerprint density at radius 2 is 2.22 bits per heavy atom. The summed E-state index contributed by atoms with van der Waals surface area (Å²) < 4.78 is 14.0. The van der Waals surface area contributed by atoms with Crippen LogP contribution in [0.5, 0.6) is 0 Å². The van der Waals surface area contributed by atoms with E-state index in [4.69, 9.17) is 5.73 Å². The lowest BCUT2D eigenvalue weighted by atomic mass is 10.2. The number of hydrogen-bond donors (Lipinski definition) is 2. The fourth-order valence-corrected chi connectivity index (χ4v) is 2.85. The van der Waals surface area contributed by atoms with E-state index in [1.54, 1.807) is 17.4 Å². The number of nitrogen functional groups attached to an aromatic ring is 1. The average molecular weight is 377 g/mol. The van der Waals surface area contributed by atoms with E-state index in [9.17, 15) is 4.39 Å². The van der Waals surface area contributed by atoms with E-state index >= 15 is 0 Å². The molecule has 0 radical (unpaired) electrons. The molecule has 0 spiro atoms. The molecule has 3 nitrogen and oxygen atoms in total. The fraction of sp³-hybridized carbons (Fsp3) is 0.250. The molecule has 0 amide bonds. The molecule has 0 aliphatic heterocycles. The summed E-state index contributed by atoms with van der Waals surface area (Å²) in [5.74, 6) is -0.269. The maximum absolute atomic E-state index is 13.5. The number of aromatic nitrogens is 1. The van der Waals surface area contributed by atoms with Crippen LogP contribution in [0, 0.1) is 16.3 Å². The van der Waals surface area contributed by atoms with Crippen molar-refractivity contribution in [3.05, 3.63) is 37.6 Å². The van der Waals surface area contributed by atoms with Gasteiger partial charge in [-0.1, -0.05) is 0 Å². The Hall–Kier alpha value is -0.890. The van der Waals surface area contributed by atoms with Crippen LogP contribution >= 0.6 is 33.9 Å². The standard InChI is InChI=1S/C12H13FIN3S/c1-6-5-18-12(16-6)7(2)17-11-3-8(13)9(14)4-10(11)15/h3-5,7,17H,15H2,1-2H3. The number of aryl methyl sites for hydroxylation is 1. The Bertz CT molecular complexity index is 570. The van der Waals surface area contributed by atoms with Gasteiger partial charge in [0.2, 0.25) is 0 Å². The molecular weight excluding hydrogens is 364 g/mol. The van der Waals surface area contributed by atoms with Gasteiger partial charge in [0.05, 0.1) is 21.0 Å². The lowest BCUT2D eigenvalue weighted by molar-refractivity contribution is 0.620. The third kappa shape index (κ3) is 2.92. The quantitative estimate of drug-likeness (QED) is 0.629. The van der Waals surface area contributed by atoms with E-state index in [-0.39, 0.29) is 11.9 Å². The largest absolute Gasteiger partial charge is 0.397 e. The third-order valence-corrected chi connectivity index (χ3v) is 4.44. The Balaban J connectivity index is 2.21. The van der Waals surface area contributed by atoms with Gasteiger partial charge in [-0.15, -0.1) is 11.3 Å². The van der Waals surface area contributed by atoms with Gasteiger partial charge in [-0.25, -0.2) is 9.37 Å². The molecule has 1 unspecified atom stereocenters. The minimum Gasteiger partial charge on any atom is -0.397 e. The smallest absolute Gasteiger partial charge is 0.138 e. The Kier molecular flexibility index (Phi) is 4.06. The monoisotopic (exact) mass is 377 g/mol. The van der Waals surface area contributed by atoms with Gasteiger partial charge in [-0.05, 0) is 42.5 Å². The van der Waals surface area contributed by atoms with Crippen molar-refractivity contribution in [1.29, 1.82) is 0 Å². The van der Waals surface area contributed by atoms with Crippen LogP contribution in [0.25, 0.3) is 0 Å². The first-order chi connectivity index (χ1) is 8.47. The summed E-state index contributed by atoms with van der Waals surface area (Å²) in [6.45, 7) is 3.93. The summed E-state index contributed by atoms with van der Waals surface area (Å²) in [7, 11) is 0. The van der Waals surface area contributed by atoms with Gasteiger partial charge in [-0.3, -0.25) is 0 Å². The second kappa shape index (κ2) is 5.40. The minimum atomic E-state index is -0.269. The molecule has 0 bridgehead atoms. The van der Waals surface area contributed by atoms with Crippen LogP contribution < -0.4 is 11.1 Å². The highest BCUT2D eigenvalue weighted by atomic mass is 127. The summed E-state index contributed by atoms with van der Waals surface area (Å²) in [5.41, 5.74) is 8.01. The second-order valence-electron chi connectivity index (χ2n) is 4.05. The van der Waals surface area contributed by atoms with Crippen molar-refractivity contribution in [2.45, 2.75) is 19.9 Å². The van der Waals surface area contributed by atoms with Crippen molar-refractivity contribution in [1.82, 2.24) is 4.98 Å². The Labute approximate surface area is 123 Å². The van der Waals surface area contributed by atoms with Crippen LogP contribution in [-0.2, 0) is 0 Å². The topological polar surface area (TPSA) is 50.9 Å². The maximum Gasteiger partial charge on any atom is 0.138 e. The van der Waals surface area contributed by atoms with Gasteiger partial charge in [-0.2, -0.15) is 0 Å². The number of nitrogens with one attached hydrogen (secondary N) is 1. The third-order valence-electron chi connectivity index (χ3n) is 2.47. The van der Waals surface area contributed by atoms with Crippen molar-refractivity contribution in [3.63, 3.8) is 0 Å². The molecule has 2 aromatic rings. The van der Waals surface area contributed by atoms with Gasteiger partial charge in [0.25, 0.3) is 0 Å². The van der Waals surface area contributed by atoms with E-state index in [0.29, 0.717) is 14.9 Å². The van der Waals surface area contributed by atoms with Crippen molar-refractivity contribution < 1.29 is 4.39 Å². The van der Waals surface area contributed by atoms with E-state index in [0.717, 1.165) is 10.7 Å². The van der Waals surface area contributed by atoms with E-state index in [1.807, 2.05) is 41.8 Å². The molecule has 0 aliphatic rings. The normalized spacial score (nSPS) is 12.4. The van der Waals surface area contributed by atoms with Crippen molar-refractivity contribution in [3.8, 4) is 0 Å². The van der Waals surface area contributed by atoms with Crippen LogP contribution in [0.4, 0.5) is 15.8 Å². The van der Waals surface area contributed by atoms with E-state index < -0.39 is 0 Å². The molecule has 1 atom stereocenters. The second-order valence-corrected chi connectivity index (χ2v) is 6.10. The summed E-state index contributed by atoms with van der Waals surface area (Å²) >= 11 is 3.50. The van der Waals surface area contributed by atoms with Crippen LogP contribution in [0.2, 0.25) is 0 Å². The number of nitrogens with two attached hydrogens (primary N) is 1. The predicted octanol–water partition coefficient (Wildman–Crippen LogP) is 3.95.